The molecule has 3 rings (SSSR count). The Morgan fingerprint density at radius 3 is 2.24 bits per heavy atom. The van der Waals surface area contributed by atoms with Gasteiger partial charge >= 0.3 is 0 Å². The predicted molar refractivity (Wildman–Crippen MR) is 92.0 cm³/mol. The molecule has 0 heterocycles. The molecule has 0 amide bonds. The molecule has 0 radical (unpaired) electrons. The molecule has 25 heavy (non-hydrogen) atoms. The van der Waals surface area contributed by atoms with Gasteiger partial charge in [-0.2, -0.15) is 0 Å². The van der Waals surface area contributed by atoms with E-state index in [1.165, 1.54) is 38.5 Å². The highest BCUT2D eigenvalue weighted by Gasteiger charge is 2.44. The Kier molecular flexibility index (Phi) is 4.71. The number of benzene rings is 2. The zero-order chi connectivity index (χ0) is 18.1. The summed E-state index contributed by atoms with van der Waals surface area (Å²) in [5.41, 5.74) is 0.695. The lowest BCUT2D eigenvalue weighted by Crippen LogP contribution is -2.32. The van der Waals surface area contributed by atoms with Crippen molar-refractivity contribution in [3.05, 3.63) is 53.8 Å². The monoisotopic (exact) mass is 365 g/mol. The lowest BCUT2D eigenvalue weighted by atomic mass is 9.96. The fraction of sp³-hybridized carbons (Fsp3) is 0.333. The van der Waals surface area contributed by atoms with Gasteiger partial charge in [0.15, 0.2) is 11.5 Å². The van der Waals surface area contributed by atoms with Crippen molar-refractivity contribution in [2.45, 2.75) is 23.2 Å². The summed E-state index contributed by atoms with van der Waals surface area (Å²) >= 11 is 0. The van der Waals surface area contributed by atoms with Crippen molar-refractivity contribution in [3.63, 3.8) is 0 Å². The van der Waals surface area contributed by atoms with Crippen molar-refractivity contribution >= 4 is 10.0 Å². The van der Waals surface area contributed by atoms with E-state index in [4.69, 9.17) is 9.47 Å². The molecule has 1 N–H and O–H groups in total. The third-order valence-corrected chi connectivity index (χ3v) is 5.97. The molecule has 5 nitrogen and oxygen atoms in total. The van der Waals surface area contributed by atoms with Gasteiger partial charge in [-0.3, -0.25) is 0 Å². The zero-order valence-electron chi connectivity index (χ0n) is 14.1. The summed E-state index contributed by atoms with van der Waals surface area (Å²) in [6.45, 7) is 0.273. The lowest BCUT2D eigenvalue weighted by Gasteiger charge is -2.17. The maximum absolute atomic E-state index is 13.1. The third kappa shape index (κ3) is 3.62. The summed E-state index contributed by atoms with van der Waals surface area (Å²) in [5, 5.41) is 0. The van der Waals surface area contributed by atoms with Crippen LogP contribution in [0.2, 0.25) is 0 Å². The Labute approximate surface area is 146 Å². The Hall–Kier alpha value is -2.12. The minimum absolute atomic E-state index is 0.111. The molecular weight excluding hydrogens is 345 g/mol. The number of nitrogens with one attached hydrogen (secondary N) is 1. The molecule has 1 fully saturated rings. The number of ether oxygens (including phenoxy) is 2. The number of sulfonamides is 1. The molecule has 0 aliphatic heterocycles. The van der Waals surface area contributed by atoms with E-state index in [1.807, 2.05) is 0 Å². The Bertz CT molecular complexity index is 861. The van der Waals surface area contributed by atoms with Gasteiger partial charge < -0.3 is 9.47 Å². The largest absolute Gasteiger partial charge is 0.493 e. The Morgan fingerprint density at radius 2 is 1.68 bits per heavy atom. The van der Waals surface area contributed by atoms with Gasteiger partial charge in [0.2, 0.25) is 10.0 Å². The number of hydrogen-bond acceptors (Lipinski definition) is 4. The molecule has 0 unspecified atom stereocenters. The van der Waals surface area contributed by atoms with Crippen LogP contribution in [-0.2, 0) is 15.4 Å². The van der Waals surface area contributed by atoms with Gasteiger partial charge in [0, 0.05) is 18.0 Å². The van der Waals surface area contributed by atoms with Crippen LogP contribution in [0.3, 0.4) is 0 Å². The summed E-state index contributed by atoms with van der Waals surface area (Å²) in [6, 6.07) is 10.7. The van der Waals surface area contributed by atoms with Gasteiger partial charge in [-0.25, -0.2) is 17.5 Å². The van der Waals surface area contributed by atoms with Gasteiger partial charge in [-0.05, 0) is 42.7 Å². The lowest BCUT2D eigenvalue weighted by molar-refractivity contribution is 0.354. The maximum Gasteiger partial charge on any atom is 0.240 e. The first-order valence-electron chi connectivity index (χ1n) is 7.88. The van der Waals surface area contributed by atoms with Gasteiger partial charge in [-0.1, -0.05) is 12.1 Å². The normalized spacial score (nSPS) is 15.6. The van der Waals surface area contributed by atoms with Gasteiger partial charge in [0.25, 0.3) is 0 Å². The molecule has 1 saturated carbocycles. The highest BCUT2D eigenvalue weighted by molar-refractivity contribution is 7.89. The van der Waals surface area contributed by atoms with Crippen LogP contribution in [0.5, 0.6) is 11.5 Å². The fourth-order valence-electron chi connectivity index (χ4n) is 2.82. The minimum atomic E-state index is -3.69. The molecule has 0 bridgehead atoms. The molecule has 0 spiro atoms. The highest BCUT2D eigenvalue weighted by atomic mass is 32.2. The van der Waals surface area contributed by atoms with E-state index in [9.17, 15) is 12.8 Å². The van der Waals surface area contributed by atoms with Crippen molar-refractivity contribution in [1.82, 2.24) is 4.72 Å². The summed E-state index contributed by atoms with van der Waals surface area (Å²) in [4.78, 5) is 0.111. The summed E-state index contributed by atoms with van der Waals surface area (Å²) in [7, 11) is -0.743. The molecule has 7 heteroatoms. The highest BCUT2D eigenvalue weighted by Crippen LogP contribution is 2.47. The minimum Gasteiger partial charge on any atom is -0.493 e. The number of hydrogen-bond donors (Lipinski definition) is 1. The van der Waals surface area contributed by atoms with Gasteiger partial charge in [0.1, 0.15) is 5.82 Å². The fourth-order valence-corrected chi connectivity index (χ4v) is 3.96. The van der Waals surface area contributed by atoms with Gasteiger partial charge in [0.05, 0.1) is 19.1 Å². The second kappa shape index (κ2) is 6.65. The van der Waals surface area contributed by atoms with Crippen LogP contribution in [0, 0.1) is 5.82 Å². The Morgan fingerprint density at radius 1 is 1.04 bits per heavy atom. The molecule has 2 aromatic carbocycles. The average molecular weight is 365 g/mol. The van der Waals surface area contributed by atoms with E-state index >= 15 is 0 Å². The van der Waals surface area contributed by atoms with E-state index in [1.54, 1.807) is 18.2 Å². The van der Waals surface area contributed by atoms with Crippen molar-refractivity contribution in [3.8, 4) is 11.5 Å². The first-order chi connectivity index (χ1) is 11.9. The quantitative estimate of drug-likeness (QED) is 0.819. The van der Waals surface area contributed by atoms with Crippen molar-refractivity contribution in [2.75, 3.05) is 20.8 Å². The van der Waals surface area contributed by atoms with Crippen LogP contribution < -0.4 is 14.2 Å². The molecule has 0 aromatic heterocycles. The van der Waals surface area contributed by atoms with Crippen LogP contribution in [-0.4, -0.2) is 29.2 Å². The predicted octanol–water partition coefficient (Wildman–Crippen LogP) is 2.85. The van der Waals surface area contributed by atoms with E-state index < -0.39 is 10.0 Å². The second-order valence-corrected chi connectivity index (χ2v) is 7.90. The molecular formula is C18H20FNO4S. The molecule has 134 valence electrons. The third-order valence-electron chi connectivity index (χ3n) is 4.58. The molecule has 2 aromatic rings. The Balaban J connectivity index is 1.77. The van der Waals surface area contributed by atoms with E-state index in [0.29, 0.717) is 11.5 Å². The molecule has 0 saturated heterocycles. The van der Waals surface area contributed by atoms with Crippen molar-refractivity contribution < 1.29 is 22.3 Å². The zero-order valence-corrected chi connectivity index (χ0v) is 14.9. The molecule has 0 atom stereocenters. The average Bonchev–Trinajstić information content (AvgIpc) is 3.41. The summed E-state index contributed by atoms with van der Waals surface area (Å²) in [5.74, 6) is 0.516. The standard InChI is InChI=1S/C18H20FNO4S/c1-23-16-8-7-15(11-17(16)24-2)25(21,22)20-12-18(9-10-18)13-3-5-14(19)6-4-13/h3-8,11,20H,9-10,12H2,1-2H3. The van der Waals surface area contributed by atoms with Crippen LogP contribution in [0.15, 0.2) is 47.4 Å². The number of methoxy groups -OCH3 is 2. The number of rotatable bonds is 7. The maximum atomic E-state index is 13.1. The summed E-state index contributed by atoms with van der Waals surface area (Å²) < 4.78 is 51.2. The second-order valence-electron chi connectivity index (χ2n) is 6.13. The smallest absolute Gasteiger partial charge is 0.240 e. The summed E-state index contributed by atoms with van der Waals surface area (Å²) in [6.07, 6.45) is 1.74. The van der Waals surface area contributed by atoms with Crippen LogP contribution in [0.25, 0.3) is 0 Å². The van der Waals surface area contributed by atoms with Crippen LogP contribution >= 0.6 is 0 Å². The van der Waals surface area contributed by atoms with Crippen LogP contribution in [0.1, 0.15) is 18.4 Å². The van der Waals surface area contributed by atoms with Crippen molar-refractivity contribution in [2.24, 2.45) is 0 Å². The number of halogens is 1. The van der Waals surface area contributed by atoms with Gasteiger partial charge in [-0.15, -0.1) is 0 Å². The van der Waals surface area contributed by atoms with E-state index in [-0.39, 0.29) is 22.7 Å². The molecule has 1 aliphatic carbocycles. The van der Waals surface area contributed by atoms with E-state index in [0.717, 1.165) is 18.4 Å². The van der Waals surface area contributed by atoms with E-state index in [2.05, 4.69) is 4.72 Å². The first kappa shape index (κ1) is 17.7. The molecule has 1 aliphatic rings. The van der Waals surface area contributed by atoms with Crippen LogP contribution in [0.4, 0.5) is 4.39 Å². The SMILES string of the molecule is COc1ccc(S(=O)(=O)NCC2(c3ccc(F)cc3)CC2)cc1OC. The van der Waals surface area contributed by atoms with Crippen molar-refractivity contribution in [1.29, 1.82) is 0 Å². The first-order valence-corrected chi connectivity index (χ1v) is 9.36. The topological polar surface area (TPSA) is 64.6 Å².